The molecule has 0 saturated heterocycles. The molecule has 3 aromatic rings. The highest BCUT2D eigenvalue weighted by atomic mass is 16.4. The molecule has 104 valence electrons. The van der Waals surface area contributed by atoms with Crippen LogP contribution in [0.1, 0.15) is 5.56 Å². The van der Waals surface area contributed by atoms with Crippen LogP contribution in [-0.2, 0) is 6.54 Å². The van der Waals surface area contributed by atoms with E-state index in [4.69, 9.17) is 4.42 Å². The highest BCUT2D eigenvalue weighted by molar-refractivity contribution is 5.58. The fourth-order valence-electron chi connectivity index (χ4n) is 2.22. The Hall–Kier alpha value is -2.88. The molecule has 3 rings (SSSR count). The number of rotatable bonds is 3. The van der Waals surface area contributed by atoms with Crippen LogP contribution >= 0.6 is 0 Å². The second kappa shape index (κ2) is 5.63. The molecule has 1 heterocycles. The maximum Gasteiger partial charge on any atom is 0.422 e. The van der Waals surface area contributed by atoms with Gasteiger partial charge in [0.15, 0.2) is 0 Å². The fraction of sp³-hybridized carbons (Fsp3) is 0.0588. The van der Waals surface area contributed by atoms with Crippen LogP contribution < -0.4 is 11.4 Å². The van der Waals surface area contributed by atoms with E-state index in [1.165, 1.54) is 10.6 Å². The smallest absolute Gasteiger partial charge is 0.373 e. The molecule has 4 heteroatoms. The van der Waals surface area contributed by atoms with E-state index < -0.39 is 11.4 Å². The average molecular weight is 279 g/mol. The summed E-state index contributed by atoms with van der Waals surface area (Å²) >= 11 is 0. The van der Waals surface area contributed by atoms with Crippen molar-refractivity contribution < 1.29 is 4.42 Å². The molecule has 0 radical (unpaired) electrons. The zero-order valence-electron chi connectivity index (χ0n) is 11.2. The molecular formula is C17H13NO3. The molecule has 0 aliphatic rings. The molecule has 0 saturated carbocycles. The minimum absolute atomic E-state index is 0.355. The average Bonchev–Trinajstić information content (AvgIpc) is 2.51. The number of hydrogen-bond donors (Lipinski definition) is 0. The van der Waals surface area contributed by atoms with Crippen molar-refractivity contribution in [2.45, 2.75) is 6.54 Å². The van der Waals surface area contributed by atoms with Crippen molar-refractivity contribution in [2.24, 2.45) is 0 Å². The standard InChI is InChI=1S/C17H13NO3/c19-16-11-15(14-9-5-2-6-10-14)18(17(20)21-16)12-13-7-3-1-4-8-13/h1-11H,12H2. The van der Waals surface area contributed by atoms with Crippen molar-refractivity contribution in [1.82, 2.24) is 4.57 Å². The van der Waals surface area contributed by atoms with Crippen molar-refractivity contribution >= 4 is 0 Å². The molecule has 0 aliphatic heterocycles. The predicted octanol–water partition coefficient (Wildman–Crippen LogP) is 2.52. The van der Waals surface area contributed by atoms with Gasteiger partial charge in [0.05, 0.1) is 12.2 Å². The van der Waals surface area contributed by atoms with Crippen molar-refractivity contribution in [2.75, 3.05) is 0 Å². The minimum Gasteiger partial charge on any atom is -0.373 e. The third-order valence-corrected chi connectivity index (χ3v) is 3.21. The first-order valence-electron chi connectivity index (χ1n) is 6.58. The van der Waals surface area contributed by atoms with Crippen molar-refractivity contribution in [3.63, 3.8) is 0 Å². The molecule has 2 aromatic carbocycles. The van der Waals surface area contributed by atoms with E-state index in [0.717, 1.165) is 11.1 Å². The Morgan fingerprint density at radius 3 is 2.14 bits per heavy atom. The summed E-state index contributed by atoms with van der Waals surface area (Å²) in [6.07, 6.45) is 0. The van der Waals surface area contributed by atoms with Gasteiger partial charge in [0.25, 0.3) is 0 Å². The summed E-state index contributed by atoms with van der Waals surface area (Å²) in [7, 11) is 0. The van der Waals surface area contributed by atoms with Crippen LogP contribution in [0.15, 0.2) is 80.7 Å². The Labute approximate surface area is 120 Å². The van der Waals surface area contributed by atoms with Crippen molar-refractivity contribution in [3.05, 3.63) is 93.3 Å². The highest BCUT2D eigenvalue weighted by Gasteiger charge is 2.10. The van der Waals surface area contributed by atoms with Crippen molar-refractivity contribution in [3.8, 4) is 11.3 Å². The molecular weight excluding hydrogens is 266 g/mol. The van der Waals surface area contributed by atoms with Gasteiger partial charge in [0.1, 0.15) is 0 Å². The maximum absolute atomic E-state index is 12.0. The van der Waals surface area contributed by atoms with Crippen LogP contribution in [0.3, 0.4) is 0 Å². The monoisotopic (exact) mass is 279 g/mol. The SMILES string of the molecule is O=c1cc(-c2ccccc2)n(Cc2ccccc2)c(=O)o1. The summed E-state index contributed by atoms with van der Waals surface area (Å²) in [5.74, 6) is -0.648. The highest BCUT2D eigenvalue weighted by Crippen LogP contribution is 2.17. The lowest BCUT2D eigenvalue weighted by Gasteiger charge is -2.11. The van der Waals surface area contributed by atoms with Crippen LogP contribution in [0.2, 0.25) is 0 Å². The Balaban J connectivity index is 2.16. The first kappa shape index (κ1) is 13.1. The molecule has 4 nitrogen and oxygen atoms in total. The van der Waals surface area contributed by atoms with Gasteiger partial charge in [-0.25, -0.2) is 9.59 Å². The molecule has 0 spiro atoms. The summed E-state index contributed by atoms with van der Waals surface area (Å²) < 4.78 is 6.16. The third kappa shape index (κ3) is 2.84. The van der Waals surface area contributed by atoms with Gasteiger partial charge in [-0.05, 0) is 11.1 Å². The summed E-state index contributed by atoms with van der Waals surface area (Å²) in [4.78, 5) is 23.5. The number of aromatic nitrogens is 1. The second-order valence-corrected chi connectivity index (χ2v) is 4.65. The Bertz CT molecular complexity index is 848. The van der Waals surface area contributed by atoms with E-state index in [1.54, 1.807) is 0 Å². The molecule has 1 aromatic heterocycles. The van der Waals surface area contributed by atoms with E-state index >= 15 is 0 Å². The largest absolute Gasteiger partial charge is 0.422 e. The van der Waals surface area contributed by atoms with E-state index in [1.807, 2.05) is 60.7 Å². The lowest BCUT2D eigenvalue weighted by molar-refractivity contribution is 0.413. The van der Waals surface area contributed by atoms with Gasteiger partial charge in [0, 0.05) is 6.07 Å². The third-order valence-electron chi connectivity index (χ3n) is 3.21. The number of nitrogens with zero attached hydrogens (tertiary/aromatic N) is 1. The van der Waals surface area contributed by atoms with Gasteiger partial charge in [-0.2, -0.15) is 0 Å². The zero-order chi connectivity index (χ0) is 14.7. The van der Waals surface area contributed by atoms with Gasteiger partial charge >= 0.3 is 11.4 Å². The zero-order valence-corrected chi connectivity index (χ0v) is 11.2. The van der Waals surface area contributed by atoms with E-state index in [2.05, 4.69) is 0 Å². The van der Waals surface area contributed by atoms with E-state index in [0.29, 0.717) is 12.2 Å². The van der Waals surface area contributed by atoms with Gasteiger partial charge in [-0.1, -0.05) is 60.7 Å². The molecule has 0 fully saturated rings. The van der Waals surface area contributed by atoms with Gasteiger partial charge in [0.2, 0.25) is 0 Å². The molecule has 0 bridgehead atoms. The van der Waals surface area contributed by atoms with Gasteiger partial charge < -0.3 is 4.42 Å². The van der Waals surface area contributed by atoms with Crippen LogP contribution in [-0.4, -0.2) is 4.57 Å². The molecule has 0 aliphatic carbocycles. The topological polar surface area (TPSA) is 52.2 Å². The maximum atomic E-state index is 12.0. The quantitative estimate of drug-likeness (QED) is 0.740. The molecule has 0 atom stereocenters. The minimum atomic E-state index is -0.648. The molecule has 0 amide bonds. The predicted molar refractivity (Wildman–Crippen MR) is 80.2 cm³/mol. The molecule has 21 heavy (non-hydrogen) atoms. The Morgan fingerprint density at radius 2 is 1.48 bits per heavy atom. The first-order chi connectivity index (χ1) is 10.2. The normalized spacial score (nSPS) is 10.5. The summed E-state index contributed by atoms with van der Waals surface area (Å²) in [5.41, 5.74) is 1.69. The fourth-order valence-corrected chi connectivity index (χ4v) is 2.22. The molecule has 0 N–H and O–H groups in total. The van der Waals surface area contributed by atoms with Crippen LogP contribution in [0.25, 0.3) is 11.3 Å². The lowest BCUT2D eigenvalue weighted by Crippen LogP contribution is -2.26. The lowest BCUT2D eigenvalue weighted by atomic mass is 10.1. The van der Waals surface area contributed by atoms with E-state index in [9.17, 15) is 9.59 Å². The van der Waals surface area contributed by atoms with Crippen LogP contribution in [0.5, 0.6) is 0 Å². The van der Waals surface area contributed by atoms with Crippen LogP contribution in [0, 0.1) is 0 Å². The van der Waals surface area contributed by atoms with Crippen LogP contribution in [0.4, 0.5) is 0 Å². The number of benzene rings is 2. The summed E-state index contributed by atoms with van der Waals surface area (Å²) in [6, 6.07) is 20.2. The number of hydrogen-bond acceptors (Lipinski definition) is 3. The van der Waals surface area contributed by atoms with E-state index in [-0.39, 0.29) is 0 Å². The molecule has 0 unspecified atom stereocenters. The van der Waals surface area contributed by atoms with Gasteiger partial charge in [-0.15, -0.1) is 0 Å². The Kier molecular flexibility index (Phi) is 3.51. The Morgan fingerprint density at radius 1 is 0.857 bits per heavy atom. The van der Waals surface area contributed by atoms with Gasteiger partial charge in [-0.3, -0.25) is 4.57 Å². The summed E-state index contributed by atoms with van der Waals surface area (Å²) in [6.45, 7) is 0.355. The summed E-state index contributed by atoms with van der Waals surface area (Å²) in [5, 5.41) is 0. The second-order valence-electron chi connectivity index (χ2n) is 4.65. The van der Waals surface area contributed by atoms with Crippen molar-refractivity contribution in [1.29, 1.82) is 0 Å². The first-order valence-corrected chi connectivity index (χ1v) is 6.58.